The molecule has 0 saturated carbocycles. The van der Waals surface area contributed by atoms with Crippen molar-refractivity contribution in [3.8, 4) is 0 Å². The number of rotatable bonds is 10. The van der Waals surface area contributed by atoms with Gasteiger partial charge in [0, 0.05) is 0 Å². The summed E-state index contributed by atoms with van der Waals surface area (Å²) in [5, 5.41) is 18.9. The van der Waals surface area contributed by atoms with Crippen molar-refractivity contribution in [2.45, 2.75) is 87.4 Å². The Bertz CT molecular complexity index is 625. The van der Waals surface area contributed by atoms with Crippen LogP contribution in [0.4, 0.5) is 0 Å². The van der Waals surface area contributed by atoms with Crippen LogP contribution in [0.25, 0.3) is 0 Å². The molecule has 0 spiro atoms. The Kier molecular flexibility index (Phi) is 8.89. The van der Waals surface area contributed by atoms with Gasteiger partial charge in [0.25, 0.3) is 0 Å². The van der Waals surface area contributed by atoms with E-state index in [2.05, 4.69) is 0 Å². The molecule has 0 aliphatic heterocycles. The lowest BCUT2D eigenvalue weighted by atomic mass is 9.76. The van der Waals surface area contributed by atoms with E-state index in [4.69, 9.17) is 9.47 Å². The first-order valence-electron chi connectivity index (χ1n) is 9.68. The van der Waals surface area contributed by atoms with Crippen molar-refractivity contribution in [2.75, 3.05) is 0 Å². The van der Waals surface area contributed by atoms with Crippen LogP contribution in [0.1, 0.15) is 75.2 Å². The molecule has 0 rings (SSSR count). The molecule has 0 heterocycles. The molecular weight excluding hydrogens is 380 g/mol. The SMILES string of the molecule is CC(C)CC(C)(C)C(=O)O[C@@H](C(=O)O)[C@@H](OC(=O)C(C)(C)CC(C)(C)C)C(=O)O. The van der Waals surface area contributed by atoms with Gasteiger partial charge in [0.1, 0.15) is 0 Å². The second kappa shape index (κ2) is 9.59. The number of carbonyl (C=O) groups excluding carboxylic acids is 2. The number of ether oxygens (including phenoxy) is 2. The predicted molar refractivity (Wildman–Crippen MR) is 106 cm³/mol. The summed E-state index contributed by atoms with van der Waals surface area (Å²) in [4.78, 5) is 48.4. The van der Waals surface area contributed by atoms with Crippen LogP contribution < -0.4 is 0 Å². The van der Waals surface area contributed by atoms with E-state index in [0.29, 0.717) is 12.8 Å². The number of hydrogen-bond donors (Lipinski definition) is 2. The summed E-state index contributed by atoms with van der Waals surface area (Å²) in [7, 11) is 0. The Morgan fingerprint density at radius 1 is 0.724 bits per heavy atom. The molecule has 0 radical (unpaired) electrons. The maximum atomic E-state index is 12.6. The van der Waals surface area contributed by atoms with Gasteiger partial charge in [0.2, 0.25) is 12.2 Å². The van der Waals surface area contributed by atoms with Crippen LogP contribution in [0, 0.1) is 22.2 Å². The fourth-order valence-corrected chi connectivity index (χ4v) is 3.54. The van der Waals surface area contributed by atoms with E-state index >= 15 is 0 Å². The molecular formula is C21H36O8. The van der Waals surface area contributed by atoms with Gasteiger partial charge in [-0.25, -0.2) is 9.59 Å². The summed E-state index contributed by atoms with van der Waals surface area (Å²) in [6.45, 7) is 15.9. The highest BCUT2D eigenvalue weighted by molar-refractivity contribution is 5.89. The number of carboxylic acids is 2. The minimum absolute atomic E-state index is 0.132. The van der Waals surface area contributed by atoms with E-state index in [1.54, 1.807) is 27.7 Å². The van der Waals surface area contributed by atoms with E-state index in [1.165, 1.54) is 0 Å². The fraction of sp³-hybridized carbons (Fsp3) is 0.810. The van der Waals surface area contributed by atoms with E-state index in [1.807, 2.05) is 34.6 Å². The molecule has 29 heavy (non-hydrogen) atoms. The highest BCUT2D eigenvalue weighted by atomic mass is 16.6. The zero-order chi connectivity index (χ0) is 23.4. The van der Waals surface area contributed by atoms with Crippen LogP contribution in [0.2, 0.25) is 0 Å². The lowest BCUT2D eigenvalue weighted by molar-refractivity contribution is -0.194. The van der Waals surface area contributed by atoms with Crippen LogP contribution in [0.15, 0.2) is 0 Å². The van der Waals surface area contributed by atoms with Crippen LogP contribution in [0.3, 0.4) is 0 Å². The van der Waals surface area contributed by atoms with Crippen LogP contribution in [-0.4, -0.2) is 46.3 Å². The summed E-state index contributed by atoms with van der Waals surface area (Å²) in [6, 6.07) is 0. The van der Waals surface area contributed by atoms with Crippen molar-refractivity contribution in [1.82, 2.24) is 0 Å². The van der Waals surface area contributed by atoms with Gasteiger partial charge in [-0.15, -0.1) is 0 Å². The standard InChI is InChI=1S/C21H36O8/c1-12(2)10-20(6,7)17(26)28-13(15(22)23)14(16(24)25)29-18(27)21(8,9)11-19(3,4)5/h12-14H,10-11H2,1-9H3,(H,22,23)(H,24,25)/t13-,14-/m1/s1. The third-order valence-corrected chi connectivity index (χ3v) is 4.23. The Labute approximate surface area is 172 Å². The third kappa shape index (κ3) is 8.83. The van der Waals surface area contributed by atoms with Crippen molar-refractivity contribution in [2.24, 2.45) is 22.2 Å². The zero-order valence-corrected chi connectivity index (χ0v) is 19.0. The van der Waals surface area contributed by atoms with Crippen LogP contribution in [0.5, 0.6) is 0 Å². The molecule has 0 unspecified atom stereocenters. The second-order valence-electron chi connectivity index (χ2n) is 10.4. The first kappa shape index (κ1) is 26.9. The van der Waals surface area contributed by atoms with Crippen LogP contribution in [-0.2, 0) is 28.7 Å². The molecule has 2 N–H and O–H groups in total. The third-order valence-electron chi connectivity index (χ3n) is 4.23. The maximum absolute atomic E-state index is 12.6. The van der Waals surface area contributed by atoms with Gasteiger partial charge >= 0.3 is 23.9 Å². The van der Waals surface area contributed by atoms with Crippen molar-refractivity contribution in [1.29, 1.82) is 0 Å². The van der Waals surface area contributed by atoms with Gasteiger partial charge in [-0.05, 0) is 51.9 Å². The summed E-state index contributed by atoms with van der Waals surface area (Å²) >= 11 is 0. The minimum Gasteiger partial charge on any atom is -0.478 e. The Hall–Kier alpha value is -2.12. The monoisotopic (exact) mass is 416 g/mol. The molecule has 0 aromatic heterocycles. The van der Waals surface area contributed by atoms with E-state index in [0.717, 1.165) is 0 Å². The quantitative estimate of drug-likeness (QED) is 0.518. The average Bonchev–Trinajstić information content (AvgIpc) is 2.45. The van der Waals surface area contributed by atoms with Gasteiger partial charge in [0.05, 0.1) is 10.8 Å². The highest BCUT2D eigenvalue weighted by Crippen LogP contribution is 2.35. The normalized spacial score (nSPS) is 14.8. The molecule has 0 fully saturated rings. The summed E-state index contributed by atoms with van der Waals surface area (Å²) < 4.78 is 10.1. The maximum Gasteiger partial charge on any atom is 0.349 e. The smallest absolute Gasteiger partial charge is 0.349 e. The van der Waals surface area contributed by atoms with Crippen LogP contribution >= 0.6 is 0 Å². The Morgan fingerprint density at radius 2 is 1.07 bits per heavy atom. The molecule has 0 aliphatic carbocycles. The minimum atomic E-state index is -2.15. The predicted octanol–water partition coefficient (Wildman–Crippen LogP) is 3.51. The second-order valence-corrected chi connectivity index (χ2v) is 10.4. The molecule has 0 amide bonds. The lowest BCUT2D eigenvalue weighted by Gasteiger charge is -2.32. The van der Waals surface area contributed by atoms with Gasteiger partial charge in [-0.1, -0.05) is 34.6 Å². The number of carboxylic acid groups (broad SMARTS) is 2. The first-order chi connectivity index (χ1) is 12.8. The molecule has 8 heteroatoms. The largest absolute Gasteiger partial charge is 0.478 e. The molecule has 0 aromatic rings. The molecule has 0 bridgehead atoms. The summed E-state index contributed by atoms with van der Waals surface area (Å²) in [6.07, 6.45) is -3.52. The van der Waals surface area contributed by atoms with Gasteiger partial charge < -0.3 is 19.7 Å². The summed E-state index contributed by atoms with van der Waals surface area (Å²) in [5.74, 6) is -5.01. The average molecular weight is 417 g/mol. The number of carbonyl (C=O) groups is 4. The molecule has 8 nitrogen and oxygen atoms in total. The fourth-order valence-electron chi connectivity index (χ4n) is 3.54. The Morgan fingerprint density at radius 3 is 1.34 bits per heavy atom. The zero-order valence-electron chi connectivity index (χ0n) is 19.0. The first-order valence-corrected chi connectivity index (χ1v) is 9.68. The summed E-state index contributed by atoms with van der Waals surface area (Å²) in [5.41, 5.74) is -2.34. The molecule has 2 atom stereocenters. The molecule has 0 aliphatic rings. The van der Waals surface area contributed by atoms with E-state index in [9.17, 15) is 29.4 Å². The highest BCUT2D eigenvalue weighted by Gasteiger charge is 2.45. The van der Waals surface area contributed by atoms with Gasteiger partial charge in [0.15, 0.2) is 0 Å². The Balaban J connectivity index is 5.64. The lowest BCUT2D eigenvalue weighted by Crippen LogP contribution is -2.49. The van der Waals surface area contributed by atoms with Crippen molar-refractivity contribution in [3.05, 3.63) is 0 Å². The van der Waals surface area contributed by atoms with Crippen molar-refractivity contribution in [3.63, 3.8) is 0 Å². The van der Waals surface area contributed by atoms with E-state index < -0.39 is 46.9 Å². The van der Waals surface area contributed by atoms with Crippen molar-refractivity contribution >= 4 is 23.9 Å². The molecule has 0 saturated heterocycles. The molecule has 0 aromatic carbocycles. The number of aliphatic carboxylic acids is 2. The topological polar surface area (TPSA) is 127 Å². The van der Waals surface area contributed by atoms with E-state index in [-0.39, 0.29) is 11.3 Å². The molecule has 168 valence electrons. The number of hydrogen-bond acceptors (Lipinski definition) is 6. The van der Waals surface area contributed by atoms with Gasteiger partial charge in [-0.2, -0.15) is 0 Å². The van der Waals surface area contributed by atoms with Crippen molar-refractivity contribution < 1.29 is 38.9 Å². The van der Waals surface area contributed by atoms with Gasteiger partial charge in [-0.3, -0.25) is 9.59 Å². The number of esters is 2.